The lowest BCUT2D eigenvalue weighted by molar-refractivity contribution is -0.117. The molecular formula is C23H25FN4O2. The molecule has 156 valence electrons. The molecule has 1 saturated heterocycles. The van der Waals surface area contributed by atoms with Crippen molar-refractivity contribution in [3.8, 4) is 11.4 Å². The van der Waals surface area contributed by atoms with E-state index in [0.29, 0.717) is 30.4 Å². The Hall–Kier alpha value is -3.06. The van der Waals surface area contributed by atoms with Crippen LogP contribution >= 0.6 is 0 Å². The number of aryl methyl sites for hydroxylation is 1. The van der Waals surface area contributed by atoms with E-state index >= 15 is 0 Å². The summed E-state index contributed by atoms with van der Waals surface area (Å²) >= 11 is 0. The molecule has 1 fully saturated rings. The zero-order valence-electron chi connectivity index (χ0n) is 17.0. The summed E-state index contributed by atoms with van der Waals surface area (Å²) in [5, 5.41) is 7.03. The van der Waals surface area contributed by atoms with Crippen LogP contribution in [0.25, 0.3) is 11.4 Å². The number of amides is 1. The van der Waals surface area contributed by atoms with Crippen LogP contribution in [0.1, 0.15) is 37.1 Å². The van der Waals surface area contributed by atoms with Crippen molar-refractivity contribution in [3.63, 3.8) is 0 Å². The highest BCUT2D eigenvalue weighted by Gasteiger charge is 2.27. The number of likely N-dealkylation sites (tertiary alicyclic amines) is 1. The van der Waals surface area contributed by atoms with Gasteiger partial charge in [-0.15, -0.1) is 0 Å². The maximum Gasteiger partial charge on any atom is 0.238 e. The maximum absolute atomic E-state index is 13.1. The highest BCUT2D eigenvalue weighted by atomic mass is 19.1. The van der Waals surface area contributed by atoms with E-state index in [1.165, 1.54) is 17.7 Å². The second-order valence-electron chi connectivity index (χ2n) is 7.64. The number of halogens is 1. The fraction of sp³-hybridized carbons (Fsp3) is 0.348. The number of piperidine rings is 1. The summed E-state index contributed by atoms with van der Waals surface area (Å²) < 4.78 is 18.6. The van der Waals surface area contributed by atoms with Gasteiger partial charge < -0.3 is 9.84 Å². The van der Waals surface area contributed by atoms with E-state index in [-0.39, 0.29) is 17.6 Å². The number of hydrogen-bond acceptors (Lipinski definition) is 5. The van der Waals surface area contributed by atoms with Gasteiger partial charge in [-0.05, 0) is 67.8 Å². The summed E-state index contributed by atoms with van der Waals surface area (Å²) in [6.45, 7) is 3.96. The lowest BCUT2D eigenvalue weighted by Gasteiger charge is -2.30. The summed E-state index contributed by atoms with van der Waals surface area (Å²) in [6.07, 6.45) is 2.82. The monoisotopic (exact) mass is 408 g/mol. The van der Waals surface area contributed by atoms with Crippen molar-refractivity contribution in [3.05, 3.63) is 65.8 Å². The molecule has 7 heteroatoms. The fourth-order valence-electron chi connectivity index (χ4n) is 3.79. The van der Waals surface area contributed by atoms with Crippen molar-refractivity contribution in [1.82, 2.24) is 15.0 Å². The molecule has 4 rings (SSSR count). The summed E-state index contributed by atoms with van der Waals surface area (Å²) in [7, 11) is 0. The Morgan fingerprint density at radius 3 is 2.90 bits per heavy atom. The molecule has 2 heterocycles. The van der Waals surface area contributed by atoms with Crippen LogP contribution in [0.15, 0.2) is 53.1 Å². The van der Waals surface area contributed by atoms with Gasteiger partial charge in [0.25, 0.3) is 0 Å². The normalized spacial score (nSPS) is 17.1. The number of anilines is 1. The number of aromatic nitrogens is 2. The van der Waals surface area contributed by atoms with E-state index < -0.39 is 0 Å². The third-order valence-corrected chi connectivity index (χ3v) is 5.39. The third kappa shape index (κ3) is 4.91. The number of nitrogens with one attached hydrogen (secondary N) is 1. The van der Waals surface area contributed by atoms with E-state index in [0.717, 1.165) is 31.5 Å². The average Bonchev–Trinajstić information content (AvgIpc) is 3.25. The summed E-state index contributed by atoms with van der Waals surface area (Å²) in [5.41, 5.74) is 2.74. The number of carbonyl (C=O) groups excluding carboxylic acids is 1. The SMILES string of the molecule is CCc1cccc(NC(=O)CN2CCCC(c3nc(-c4ccc(F)cc4)no3)C2)c1. The van der Waals surface area contributed by atoms with E-state index in [1.807, 2.05) is 18.2 Å². The molecule has 1 amide bonds. The van der Waals surface area contributed by atoms with Crippen molar-refractivity contribution in [2.24, 2.45) is 0 Å². The van der Waals surface area contributed by atoms with Crippen LogP contribution < -0.4 is 5.32 Å². The number of hydrogen-bond donors (Lipinski definition) is 1. The number of rotatable bonds is 6. The van der Waals surface area contributed by atoms with Gasteiger partial charge >= 0.3 is 0 Å². The Labute approximate surface area is 175 Å². The number of benzene rings is 2. The lowest BCUT2D eigenvalue weighted by Crippen LogP contribution is -2.39. The topological polar surface area (TPSA) is 71.3 Å². The van der Waals surface area contributed by atoms with Gasteiger partial charge in [0.15, 0.2) is 0 Å². The first-order chi connectivity index (χ1) is 14.6. The highest BCUT2D eigenvalue weighted by molar-refractivity contribution is 5.92. The third-order valence-electron chi connectivity index (χ3n) is 5.39. The Bertz CT molecular complexity index is 1000. The molecule has 1 N–H and O–H groups in total. The Morgan fingerprint density at radius 2 is 2.10 bits per heavy atom. The zero-order chi connectivity index (χ0) is 20.9. The van der Waals surface area contributed by atoms with Crippen molar-refractivity contribution in [2.45, 2.75) is 32.1 Å². The van der Waals surface area contributed by atoms with Gasteiger partial charge in [0.1, 0.15) is 5.82 Å². The fourth-order valence-corrected chi connectivity index (χ4v) is 3.79. The summed E-state index contributed by atoms with van der Waals surface area (Å²) in [5.74, 6) is 0.772. The van der Waals surface area contributed by atoms with Crippen molar-refractivity contribution >= 4 is 11.6 Å². The molecule has 0 bridgehead atoms. The first-order valence-electron chi connectivity index (χ1n) is 10.3. The molecule has 0 saturated carbocycles. The van der Waals surface area contributed by atoms with Gasteiger partial charge in [-0.1, -0.05) is 24.2 Å². The van der Waals surface area contributed by atoms with Gasteiger partial charge in [0, 0.05) is 17.8 Å². The van der Waals surface area contributed by atoms with Crippen LogP contribution in [-0.4, -0.2) is 40.6 Å². The number of nitrogens with zero attached hydrogens (tertiary/aromatic N) is 3. The molecule has 0 radical (unpaired) electrons. The standard InChI is InChI=1S/C23H25FN4O2/c1-2-16-5-3-7-20(13-16)25-21(29)15-28-12-4-6-18(14-28)23-26-22(27-30-23)17-8-10-19(24)11-9-17/h3,5,7-11,13,18H,2,4,6,12,14-15H2,1H3,(H,25,29). The van der Waals surface area contributed by atoms with Gasteiger partial charge in [0.2, 0.25) is 17.6 Å². The molecular weight excluding hydrogens is 383 g/mol. The lowest BCUT2D eigenvalue weighted by atomic mass is 9.98. The predicted octanol–water partition coefficient (Wildman–Crippen LogP) is 4.26. The van der Waals surface area contributed by atoms with Crippen LogP contribution in [0.4, 0.5) is 10.1 Å². The van der Waals surface area contributed by atoms with E-state index in [9.17, 15) is 9.18 Å². The minimum absolute atomic E-state index is 0.0265. The first kappa shape index (κ1) is 20.2. The molecule has 1 unspecified atom stereocenters. The van der Waals surface area contributed by atoms with Crippen molar-refractivity contribution in [1.29, 1.82) is 0 Å². The maximum atomic E-state index is 13.1. The smallest absolute Gasteiger partial charge is 0.238 e. The molecule has 1 atom stereocenters. The van der Waals surface area contributed by atoms with E-state index in [4.69, 9.17) is 4.52 Å². The van der Waals surface area contributed by atoms with Gasteiger partial charge in [-0.3, -0.25) is 9.69 Å². The Kier molecular flexibility index (Phi) is 6.18. The van der Waals surface area contributed by atoms with Crippen LogP contribution in [0.3, 0.4) is 0 Å². The second-order valence-corrected chi connectivity index (χ2v) is 7.64. The molecule has 6 nitrogen and oxygen atoms in total. The summed E-state index contributed by atoms with van der Waals surface area (Å²) in [4.78, 5) is 19.1. The minimum atomic E-state index is -0.301. The minimum Gasteiger partial charge on any atom is -0.339 e. The quantitative estimate of drug-likeness (QED) is 0.660. The Balaban J connectivity index is 1.36. The van der Waals surface area contributed by atoms with Crippen molar-refractivity contribution < 1.29 is 13.7 Å². The van der Waals surface area contributed by atoms with E-state index in [2.05, 4.69) is 33.3 Å². The van der Waals surface area contributed by atoms with Crippen molar-refractivity contribution in [2.75, 3.05) is 25.0 Å². The van der Waals surface area contributed by atoms with Crippen LogP contribution in [0.5, 0.6) is 0 Å². The molecule has 3 aromatic rings. The van der Waals surface area contributed by atoms with Gasteiger partial charge in [-0.25, -0.2) is 4.39 Å². The van der Waals surface area contributed by atoms with Crippen LogP contribution in [0, 0.1) is 5.82 Å². The molecule has 0 aliphatic carbocycles. The summed E-state index contributed by atoms with van der Waals surface area (Å²) in [6, 6.07) is 13.9. The van der Waals surface area contributed by atoms with Gasteiger partial charge in [0.05, 0.1) is 12.5 Å². The highest BCUT2D eigenvalue weighted by Crippen LogP contribution is 2.27. The average molecular weight is 408 g/mol. The largest absolute Gasteiger partial charge is 0.339 e. The molecule has 2 aromatic carbocycles. The van der Waals surface area contributed by atoms with E-state index in [1.54, 1.807) is 12.1 Å². The molecule has 1 aliphatic heterocycles. The zero-order valence-corrected chi connectivity index (χ0v) is 17.0. The number of carbonyl (C=O) groups is 1. The van der Waals surface area contributed by atoms with Gasteiger partial charge in [-0.2, -0.15) is 4.98 Å². The molecule has 30 heavy (non-hydrogen) atoms. The Morgan fingerprint density at radius 1 is 1.27 bits per heavy atom. The van der Waals surface area contributed by atoms with Crippen LogP contribution in [-0.2, 0) is 11.2 Å². The first-order valence-corrected chi connectivity index (χ1v) is 10.3. The predicted molar refractivity (Wildman–Crippen MR) is 113 cm³/mol. The second kappa shape index (κ2) is 9.17. The molecule has 1 aromatic heterocycles. The molecule has 0 spiro atoms. The molecule has 1 aliphatic rings. The van der Waals surface area contributed by atoms with Crippen LogP contribution in [0.2, 0.25) is 0 Å².